The topological polar surface area (TPSA) is 77.8 Å². The molecule has 2 saturated carbocycles. The van der Waals surface area contributed by atoms with Crippen molar-refractivity contribution in [3.63, 3.8) is 0 Å². The van der Waals surface area contributed by atoms with E-state index < -0.39 is 0 Å². The number of carbonyl (C=O) groups excluding carboxylic acids is 1. The van der Waals surface area contributed by atoms with Crippen LogP contribution in [-0.4, -0.2) is 33.3 Å². The van der Waals surface area contributed by atoms with E-state index in [-0.39, 0.29) is 66.1 Å². The highest BCUT2D eigenvalue weighted by molar-refractivity contribution is 14.0. The van der Waals surface area contributed by atoms with Crippen LogP contribution in [0.4, 0.5) is 0 Å². The van der Waals surface area contributed by atoms with Crippen molar-refractivity contribution in [3.05, 3.63) is 40.5 Å². The van der Waals surface area contributed by atoms with Crippen molar-refractivity contribution in [3.8, 4) is 5.75 Å². The monoisotopic (exact) mass is 814 g/mol. The maximum atomic E-state index is 11.3. The fraction of sp³-hybridized carbons (Fsp3) is 0.750. The summed E-state index contributed by atoms with van der Waals surface area (Å²) >= 11 is 0. The molecule has 0 bridgehead atoms. The molecule has 0 heterocycles. The van der Waals surface area contributed by atoms with E-state index in [2.05, 4.69) is 48.5 Å². The Morgan fingerprint density at radius 1 is 0.619 bits per heavy atom. The summed E-state index contributed by atoms with van der Waals surface area (Å²) < 4.78 is 0. The minimum atomic E-state index is -0.0521. The number of phenols is 1. The number of benzene rings is 1. The number of Topliss-reactive ketones (excluding diaryl/α,β-unsaturated/α-hetero) is 1. The molecule has 4 rings (SSSR count). The second-order valence-corrected chi connectivity index (χ2v) is 13.7. The van der Waals surface area contributed by atoms with Crippen molar-refractivity contribution in [2.24, 2.45) is 47.3 Å². The maximum Gasteiger partial charge on any atom is 0.161 e. The van der Waals surface area contributed by atoms with E-state index in [0.29, 0.717) is 53.0 Å². The van der Waals surface area contributed by atoms with Crippen LogP contribution in [0.2, 0.25) is 0 Å². The summed E-state index contributed by atoms with van der Waals surface area (Å²) in [6.45, 7) is 25.0. The second-order valence-electron chi connectivity index (χ2n) is 13.7. The number of aliphatic hydroxyl groups excluding tert-OH is 2. The van der Waals surface area contributed by atoms with Gasteiger partial charge in [-0.2, -0.15) is 0 Å². The first kappa shape index (κ1) is 43.9. The number of allylic oxidation sites excluding steroid dienone is 2. The molecule has 3 aliphatic rings. The van der Waals surface area contributed by atoms with Crippen LogP contribution in [0, 0.1) is 68.1 Å². The molecule has 0 amide bonds. The zero-order valence-electron chi connectivity index (χ0n) is 28.6. The number of aromatic hydroxyl groups is 1. The van der Waals surface area contributed by atoms with Crippen molar-refractivity contribution in [1.82, 2.24) is 0 Å². The highest BCUT2D eigenvalue weighted by atomic mass is 127. The number of carbonyl (C=O) groups is 1. The van der Waals surface area contributed by atoms with E-state index in [4.69, 9.17) is 0 Å². The molecule has 1 aromatic carbocycles. The Hall–Kier alpha value is -0.190. The van der Waals surface area contributed by atoms with Crippen LogP contribution in [0.25, 0.3) is 0 Å². The molecule has 0 aliphatic heterocycles. The Labute approximate surface area is 293 Å². The molecule has 42 heavy (non-hydrogen) atoms. The summed E-state index contributed by atoms with van der Waals surface area (Å²) in [5.74, 6) is 5.02. The van der Waals surface area contributed by atoms with Gasteiger partial charge in [0.25, 0.3) is 0 Å². The highest BCUT2D eigenvalue weighted by Gasteiger charge is 2.31. The molecule has 0 radical (unpaired) electrons. The van der Waals surface area contributed by atoms with Gasteiger partial charge < -0.3 is 15.3 Å². The van der Waals surface area contributed by atoms with E-state index in [1.54, 1.807) is 0 Å². The molecule has 10 unspecified atom stereocenters. The summed E-state index contributed by atoms with van der Waals surface area (Å²) in [7, 11) is 0. The lowest BCUT2D eigenvalue weighted by atomic mass is 9.74. The standard InChI is InChI=1S/2C9H18O.C9H14O.C9H12O.2HI/c4*1-6-4-5-7(2)9(10)8(6)3;;/h2*6-10H,4-5H2,1-3H3;5-6,8H,4H2,1-3H3;4-5,10H,1-3H3;2*1H. The van der Waals surface area contributed by atoms with Crippen molar-refractivity contribution in [1.29, 1.82) is 0 Å². The van der Waals surface area contributed by atoms with Gasteiger partial charge in [-0.05, 0) is 111 Å². The fourth-order valence-electron chi connectivity index (χ4n) is 5.85. The van der Waals surface area contributed by atoms with E-state index in [9.17, 15) is 20.1 Å². The van der Waals surface area contributed by atoms with Crippen molar-refractivity contribution >= 4 is 53.7 Å². The van der Waals surface area contributed by atoms with Gasteiger partial charge in [0.1, 0.15) is 5.75 Å². The molecule has 3 aliphatic carbocycles. The zero-order valence-corrected chi connectivity index (χ0v) is 33.3. The molecule has 4 nitrogen and oxygen atoms in total. The summed E-state index contributed by atoms with van der Waals surface area (Å²) in [5, 5.41) is 28.6. The quantitative estimate of drug-likeness (QED) is 0.228. The summed E-state index contributed by atoms with van der Waals surface area (Å²) in [5.41, 5.74) is 4.02. The van der Waals surface area contributed by atoms with Gasteiger partial charge in [-0.15, -0.1) is 48.0 Å². The molecule has 10 atom stereocenters. The molecule has 2 fully saturated rings. The van der Waals surface area contributed by atoms with E-state index in [0.717, 1.165) is 28.7 Å². The lowest BCUT2D eigenvalue weighted by molar-refractivity contribution is -0.120. The molecule has 0 spiro atoms. The van der Waals surface area contributed by atoms with Crippen LogP contribution in [-0.2, 0) is 4.79 Å². The van der Waals surface area contributed by atoms with Gasteiger partial charge in [-0.25, -0.2) is 0 Å². The summed E-state index contributed by atoms with van der Waals surface area (Å²) in [6, 6.07) is 3.95. The van der Waals surface area contributed by atoms with Crippen LogP contribution < -0.4 is 0 Å². The van der Waals surface area contributed by atoms with Gasteiger partial charge in [0.15, 0.2) is 5.78 Å². The SMILES string of the molecule is CC1=CCC(C)C(C)C1=O.CC1CCC(C)C(O)C1C.CC1CCC(C)C(O)C1C.Cc1ccc(C)c(O)c1C.I.I. The molecule has 1 aromatic rings. The third-order valence-corrected chi connectivity index (χ3v) is 10.5. The van der Waals surface area contributed by atoms with Crippen LogP contribution in [0.3, 0.4) is 0 Å². The number of rotatable bonds is 0. The lowest BCUT2D eigenvalue weighted by Crippen LogP contribution is -2.34. The average molecular weight is 815 g/mol. The second kappa shape index (κ2) is 20.8. The van der Waals surface area contributed by atoms with E-state index >= 15 is 0 Å². The predicted molar refractivity (Wildman–Crippen MR) is 200 cm³/mol. The number of halogens is 2. The minimum absolute atomic E-state index is 0. The van der Waals surface area contributed by atoms with Gasteiger partial charge in [0, 0.05) is 5.92 Å². The van der Waals surface area contributed by atoms with Crippen molar-refractivity contribution < 1.29 is 20.1 Å². The number of hydrogen-bond acceptors (Lipinski definition) is 4. The number of ketones is 1. The Morgan fingerprint density at radius 2 is 1.00 bits per heavy atom. The maximum absolute atomic E-state index is 11.3. The van der Waals surface area contributed by atoms with Gasteiger partial charge in [-0.3, -0.25) is 4.79 Å². The lowest BCUT2D eigenvalue weighted by Gasteiger charge is -2.35. The minimum Gasteiger partial charge on any atom is -0.507 e. The number of hydrogen-bond donors (Lipinski definition) is 3. The first-order valence-corrected chi connectivity index (χ1v) is 15.8. The third kappa shape index (κ3) is 13.0. The molecule has 0 aromatic heterocycles. The molecule has 6 heteroatoms. The van der Waals surface area contributed by atoms with Crippen molar-refractivity contribution in [2.75, 3.05) is 0 Å². The Bertz CT molecular complexity index is 879. The Balaban J connectivity index is 0. The summed E-state index contributed by atoms with van der Waals surface area (Å²) in [6.07, 6.45) is 8.00. The molecule has 3 N–H and O–H groups in total. The Kier molecular flexibility index (Phi) is 21.7. The predicted octanol–water partition coefficient (Wildman–Crippen LogP) is 9.83. The van der Waals surface area contributed by atoms with E-state index in [1.165, 1.54) is 25.7 Å². The molecule has 0 saturated heterocycles. The largest absolute Gasteiger partial charge is 0.507 e. The van der Waals surface area contributed by atoms with Gasteiger partial charge in [-0.1, -0.05) is 86.4 Å². The fourth-order valence-corrected chi connectivity index (χ4v) is 5.85. The highest BCUT2D eigenvalue weighted by Crippen LogP contribution is 2.34. The van der Waals surface area contributed by atoms with Gasteiger partial charge in [0.2, 0.25) is 0 Å². The normalized spacial score (nSPS) is 33.9. The van der Waals surface area contributed by atoms with Crippen LogP contribution in [0.1, 0.15) is 111 Å². The number of aliphatic hydroxyl groups is 2. The summed E-state index contributed by atoms with van der Waals surface area (Å²) in [4.78, 5) is 11.3. The molecule has 246 valence electrons. The van der Waals surface area contributed by atoms with Gasteiger partial charge >= 0.3 is 0 Å². The van der Waals surface area contributed by atoms with Crippen LogP contribution in [0.15, 0.2) is 23.8 Å². The first-order valence-electron chi connectivity index (χ1n) is 15.8. The molecular weight excluding hydrogens is 750 g/mol. The third-order valence-electron chi connectivity index (χ3n) is 10.5. The average Bonchev–Trinajstić information content (AvgIpc) is 2.93. The van der Waals surface area contributed by atoms with E-state index in [1.807, 2.05) is 52.8 Å². The van der Waals surface area contributed by atoms with Gasteiger partial charge in [0.05, 0.1) is 12.2 Å². The molecular formula is C36H64I2O4. The zero-order chi connectivity index (χ0) is 30.9. The van der Waals surface area contributed by atoms with Crippen molar-refractivity contribution in [2.45, 2.75) is 127 Å². The van der Waals surface area contributed by atoms with Crippen LogP contribution >= 0.6 is 48.0 Å². The number of aryl methyl sites for hydroxylation is 2. The first-order chi connectivity index (χ1) is 18.5. The van der Waals surface area contributed by atoms with Crippen LogP contribution in [0.5, 0.6) is 5.75 Å². The smallest absolute Gasteiger partial charge is 0.161 e. The Morgan fingerprint density at radius 3 is 1.36 bits per heavy atom. The number of phenolic OH excluding ortho intramolecular Hbond substituents is 1.